The standard InChI is InChI=1S/C12H23NOSi/c1-3-4-5-11-15(2)12-7-10-14-9-6-8-13/h7,12,15H,3-6,9-11H2,1-2H3. The molecule has 0 saturated carbocycles. The van der Waals surface area contributed by atoms with Crippen molar-refractivity contribution in [2.24, 2.45) is 0 Å². The van der Waals surface area contributed by atoms with E-state index in [4.69, 9.17) is 10.00 Å². The van der Waals surface area contributed by atoms with Crippen LogP contribution in [0.2, 0.25) is 12.6 Å². The largest absolute Gasteiger partial charge is 0.376 e. The van der Waals surface area contributed by atoms with E-state index >= 15 is 0 Å². The van der Waals surface area contributed by atoms with E-state index in [9.17, 15) is 0 Å². The Balaban J connectivity index is 3.30. The van der Waals surface area contributed by atoms with Crippen LogP contribution in [0.1, 0.15) is 32.6 Å². The summed E-state index contributed by atoms with van der Waals surface area (Å²) in [5.74, 6) is 0. The molecule has 0 radical (unpaired) electrons. The molecule has 1 unspecified atom stereocenters. The van der Waals surface area contributed by atoms with E-state index in [0.717, 1.165) is 0 Å². The van der Waals surface area contributed by atoms with Crippen LogP contribution in [0.25, 0.3) is 0 Å². The first kappa shape index (κ1) is 14.4. The minimum Gasteiger partial charge on any atom is -0.376 e. The lowest BCUT2D eigenvalue weighted by molar-refractivity contribution is 0.168. The molecule has 0 amide bonds. The number of hydrogen-bond donors (Lipinski definition) is 0. The maximum Gasteiger partial charge on any atom is 0.0645 e. The summed E-state index contributed by atoms with van der Waals surface area (Å²) in [6.45, 7) is 5.85. The summed E-state index contributed by atoms with van der Waals surface area (Å²) in [4.78, 5) is 0. The first-order valence-electron chi connectivity index (χ1n) is 5.92. The Hall–Kier alpha value is -0.593. The summed E-state index contributed by atoms with van der Waals surface area (Å²) in [7, 11) is -0.618. The summed E-state index contributed by atoms with van der Waals surface area (Å²) in [5, 5.41) is 8.29. The minimum absolute atomic E-state index is 0.497. The van der Waals surface area contributed by atoms with E-state index in [0.29, 0.717) is 19.6 Å². The molecule has 0 spiro atoms. The van der Waals surface area contributed by atoms with E-state index in [2.05, 4.69) is 31.3 Å². The predicted molar refractivity (Wildman–Crippen MR) is 67.5 cm³/mol. The van der Waals surface area contributed by atoms with Crippen LogP contribution < -0.4 is 0 Å². The Morgan fingerprint density at radius 3 is 2.87 bits per heavy atom. The molecule has 0 heterocycles. The fourth-order valence-electron chi connectivity index (χ4n) is 1.37. The highest BCUT2D eigenvalue weighted by molar-refractivity contribution is 6.62. The van der Waals surface area contributed by atoms with Crippen LogP contribution >= 0.6 is 0 Å². The van der Waals surface area contributed by atoms with Gasteiger partial charge >= 0.3 is 0 Å². The van der Waals surface area contributed by atoms with Crippen molar-refractivity contribution in [2.45, 2.75) is 45.2 Å². The SMILES string of the molecule is CCCCC[SiH](C)C=CCOCCC#N. The number of nitriles is 1. The summed E-state index contributed by atoms with van der Waals surface area (Å²) in [5.41, 5.74) is 2.35. The Morgan fingerprint density at radius 2 is 2.20 bits per heavy atom. The zero-order valence-electron chi connectivity index (χ0n) is 10.0. The van der Waals surface area contributed by atoms with Gasteiger partial charge in [0.2, 0.25) is 0 Å². The summed E-state index contributed by atoms with van der Waals surface area (Å²) < 4.78 is 5.26. The van der Waals surface area contributed by atoms with E-state index in [-0.39, 0.29) is 0 Å². The van der Waals surface area contributed by atoms with Gasteiger partial charge in [0.15, 0.2) is 0 Å². The average Bonchev–Trinajstić information content (AvgIpc) is 2.23. The predicted octanol–water partition coefficient (Wildman–Crippen LogP) is 3.06. The van der Waals surface area contributed by atoms with Crippen molar-refractivity contribution in [2.75, 3.05) is 13.2 Å². The molecule has 2 nitrogen and oxygen atoms in total. The Morgan fingerprint density at radius 1 is 1.40 bits per heavy atom. The third-order valence-corrected chi connectivity index (χ3v) is 4.55. The minimum atomic E-state index is -0.618. The van der Waals surface area contributed by atoms with Crippen molar-refractivity contribution >= 4 is 8.80 Å². The molecule has 0 aliphatic heterocycles. The molecule has 0 aromatic heterocycles. The van der Waals surface area contributed by atoms with Crippen molar-refractivity contribution < 1.29 is 4.74 Å². The third kappa shape index (κ3) is 11.3. The van der Waals surface area contributed by atoms with Gasteiger partial charge in [-0.3, -0.25) is 0 Å². The molecular weight excluding hydrogens is 202 g/mol. The second kappa shape index (κ2) is 11.5. The van der Waals surface area contributed by atoms with Crippen molar-refractivity contribution in [1.29, 1.82) is 5.26 Å². The van der Waals surface area contributed by atoms with E-state index in [1.807, 2.05) is 0 Å². The molecule has 0 fully saturated rings. The number of hydrogen-bond acceptors (Lipinski definition) is 2. The monoisotopic (exact) mass is 225 g/mol. The van der Waals surface area contributed by atoms with Gasteiger partial charge in [0, 0.05) is 0 Å². The van der Waals surface area contributed by atoms with Gasteiger partial charge in [0.1, 0.15) is 0 Å². The first-order valence-corrected chi connectivity index (χ1v) is 8.56. The van der Waals surface area contributed by atoms with Gasteiger partial charge in [-0.2, -0.15) is 5.26 Å². The number of unbranched alkanes of at least 4 members (excludes halogenated alkanes) is 2. The lowest BCUT2D eigenvalue weighted by Crippen LogP contribution is -2.03. The average molecular weight is 225 g/mol. The lowest BCUT2D eigenvalue weighted by Gasteiger charge is -2.03. The normalized spacial score (nSPS) is 12.9. The Kier molecular flexibility index (Phi) is 11.0. The fraction of sp³-hybridized carbons (Fsp3) is 0.750. The van der Waals surface area contributed by atoms with Gasteiger partial charge < -0.3 is 4.74 Å². The van der Waals surface area contributed by atoms with Crippen molar-refractivity contribution in [3.8, 4) is 6.07 Å². The molecule has 0 N–H and O–H groups in total. The summed E-state index contributed by atoms with van der Waals surface area (Å²) in [6, 6.07) is 3.47. The van der Waals surface area contributed by atoms with Gasteiger partial charge in [-0.1, -0.05) is 50.6 Å². The number of rotatable bonds is 9. The van der Waals surface area contributed by atoms with Gasteiger partial charge in [-0.25, -0.2) is 0 Å². The third-order valence-electron chi connectivity index (χ3n) is 2.30. The molecule has 3 heteroatoms. The molecule has 0 aliphatic carbocycles. The zero-order valence-corrected chi connectivity index (χ0v) is 11.2. The van der Waals surface area contributed by atoms with Crippen LogP contribution in [-0.4, -0.2) is 22.0 Å². The molecule has 0 aromatic rings. The van der Waals surface area contributed by atoms with E-state index in [1.54, 1.807) is 0 Å². The van der Waals surface area contributed by atoms with Crippen LogP contribution in [0.15, 0.2) is 11.8 Å². The van der Waals surface area contributed by atoms with Crippen molar-refractivity contribution in [3.63, 3.8) is 0 Å². The molecule has 15 heavy (non-hydrogen) atoms. The maximum absolute atomic E-state index is 8.29. The molecule has 86 valence electrons. The molecule has 0 saturated heterocycles. The molecule has 0 rings (SSSR count). The highest BCUT2D eigenvalue weighted by Crippen LogP contribution is 2.04. The van der Waals surface area contributed by atoms with E-state index < -0.39 is 8.80 Å². The number of ether oxygens (including phenoxy) is 1. The molecular formula is C12H23NOSi. The second-order valence-corrected chi connectivity index (χ2v) is 6.80. The highest BCUT2D eigenvalue weighted by atomic mass is 28.3. The van der Waals surface area contributed by atoms with Crippen LogP contribution in [-0.2, 0) is 4.74 Å². The fourth-order valence-corrected chi connectivity index (χ4v) is 3.07. The van der Waals surface area contributed by atoms with Crippen molar-refractivity contribution in [3.05, 3.63) is 11.8 Å². The lowest BCUT2D eigenvalue weighted by atomic mass is 10.3. The van der Waals surface area contributed by atoms with Crippen molar-refractivity contribution in [1.82, 2.24) is 0 Å². The van der Waals surface area contributed by atoms with Crippen LogP contribution in [0, 0.1) is 11.3 Å². The highest BCUT2D eigenvalue weighted by Gasteiger charge is 1.97. The molecule has 0 bridgehead atoms. The van der Waals surface area contributed by atoms with E-state index in [1.165, 1.54) is 25.3 Å². The first-order chi connectivity index (χ1) is 7.31. The number of nitrogens with zero attached hydrogens (tertiary/aromatic N) is 1. The Labute approximate surface area is 95.5 Å². The van der Waals surface area contributed by atoms with Crippen LogP contribution in [0.3, 0.4) is 0 Å². The van der Waals surface area contributed by atoms with Gasteiger partial charge in [-0.05, 0) is 0 Å². The zero-order chi connectivity index (χ0) is 11.4. The smallest absolute Gasteiger partial charge is 0.0645 e. The quantitative estimate of drug-likeness (QED) is 0.446. The van der Waals surface area contributed by atoms with Crippen LogP contribution in [0.5, 0.6) is 0 Å². The molecule has 1 atom stereocenters. The summed E-state index contributed by atoms with van der Waals surface area (Å²) in [6.07, 6.45) is 6.67. The van der Waals surface area contributed by atoms with Gasteiger partial charge in [0.05, 0.1) is 34.5 Å². The summed E-state index contributed by atoms with van der Waals surface area (Å²) >= 11 is 0. The maximum atomic E-state index is 8.29. The van der Waals surface area contributed by atoms with Gasteiger partial charge in [0.25, 0.3) is 0 Å². The molecule has 0 aliphatic rings. The topological polar surface area (TPSA) is 33.0 Å². The Bertz CT molecular complexity index is 198. The van der Waals surface area contributed by atoms with Gasteiger partial charge in [-0.15, -0.1) is 0 Å². The molecule has 0 aromatic carbocycles. The second-order valence-electron chi connectivity index (χ2n) is 3.88. The van der Waals surface area contributed by atoms with Crippen LogP contribution in [0.4, 0.5) is 0 Å².